The third kappa shape index (κ3) is 1.27. The number of alkyl halides is 1. The smallest absolute Gasteiger partial charge is 0.115 e. The Labute approximate surface area is 64.2 Å². The molecule has 1 saturated carbocycles. The van der Waals surface area contributed by atoms with E-state index in [4.69, 9.17) is 5.26 Å². The van der Waals surface area contributed by atoms with Gasteiger partial charge in [0, 0.05) is 0 Å². The Morgan fingerprint density at radius 2 is 2.33 bits per heavy atom. The van der Waals surface area contributed by atoms with E-state index < -0.39 is 0 Å². The van der Waals surface area contributed by atoms with Gasteiger partial charge in [-0.15, -0.1) is 0 Å². The van der Waals surface area contributed by atoms with Gasteiger partial charge in [-0.2, -0.15) is 5.26 Å². The highest BCUT2D eigenvalue weighted by Crippen LogP contribution is 2.46. The Kier molecular flexibility index (Phi) is 1.81. The van der Waals surface area contributed by atoms with E-state index in [0.717, 1.165) is 6.42 Å². The van der Waals surface area contributed by atoms with Gasteiger partial charge in [0.15, 0.2) is 0 Å². The number of halogens is 1. The maximum atomic E-state index is 8.70. The lowest BCUT2D eigenvalue weighted by atomic mass is 10.0. The van der Waals surface area contributed by atoms with Gasteiger partial charge in [0.25, 0.3) is 0 Å². The molecule has 1 aliphatic carbocycles. The van der Waals surface area contributed by atoms with Crippen molar-refractivity contribution in [2.24, 2.45) is 5.92 Å². The van der Waals surface area contributed by atoms with Crippen molar-refractivity contribution in [2.45, 2.75) is 30.5 Å². The molecule has 0 aliphatic heterocycles. The molecule has 0 aromatic carbocycles. The summed E-state index contributed by atoms with van der Waals surface area (Å²) in [5.74, 6) is 0.632. The van der Waals surface area contributed by atoms with Gasteiger partial charge in [-0.25, -0.2) is 0 Å². The fourth-order valence-corrected chi connectivity index (χ4v) is 1.46. The lowest BCUT2D eigenvalue weighted by Crippen LogP contribution is -2.18. The predicted molar refractivity (Wildman–Crippen MR) is 40.3 cm³/mol. The fraction of sp³-hybridized carbons (Fsp3) is 0.857. The van der Waals surface area contributed by atoms with Gasteiger partial charge >= 0.3 is 0 Å². The second kappa shape index (κ2) is 2.30. The first-order valence-corrected chi connectivity index (χ1v) is 4.12. The first-order valence-electron chi connectivity index (χ1n) is 3.33. The standard InChI is InChI=1S/C7H10BrN/c1-2-7(8,5-9)6-3-4-6/h6H,2-4H2,1H3. The molecule has 0 radical (unpaired) electrons. The van der Waals surface area contributed by atoms with E-state index in [2.05, 4.69) is 28.9 Å². The molecule has 0 spiro atoms. The zero-order valence-electron chi connectivity index (χ0n) is 5.52. The van der Waals surface area contributed by atoms with Crippen molar-refractivity contribution in [1.82, 2.24) is 0 Å². The molecule has 2 heteroatoms. The van der Waals surface area contributed by atoms with Gasteiger partial charge in [-0.1, -0.05) is 22.9 Å². The molecule has 1 aliphatic rings. The average molecular weight is 188 g/mol. The molecule has 9 heavy (non-hydrogen) atoms. The van der Waals surface area contributed by atoms with Gasteiger partial charge in [0.2, 0.25) is 0 Å². The van der Waals surface area contributed by atoms with E-state index >= 15 is 0 Å². The van der Waals surface area contributed by atoms with Gasteiger partial charge in [0.05, 0.1) is 6.07 Å². The summed E-state index contributed by atoms with van der Waals surface area (Å²) >= 11 is 3.45. The SMILES string of the molecule is CCC(Br)(C#N)C1CC1. The molecule has 0 amide bonds. The molecule has 1 rings (SSSR count). The van der Waals surface area contributed by atoms with Crippen molar-refractivity contribution in [3.63, 3.8) is 0 Å². The molecule has 50 valence electrons. The van der Waals surface area contributed by atoms with Gasteiger partial charge in [-0.3, -0.25) is 0 Å². The molecule has 0 aromatic heterocycles. The van der Waals surface area contributed by atoms with Crippen LogP contribution in [0.3, 0.4) is 0 Å². The third-order valence-corrected chi connectivity index (χ3v) is 3.31. The first kappa shape index (κ1) is 7.08. The summed E-state index contributed by atoms with van der Waals surface area (Å²) in [5, 5.41) is 8.70. The molecule has 1 atom stereocenters. The van der Waals surface area contributed by atoms with Crippen LogP contribution in [0.15, 0.2) is 0 Å². The molecule has 0 aromatic rings. The molecule has 0 heterocycles. The Bertz CT molecular complexity index is 145. The van der Waals surface area contributed by atoms with Gasteiger partial charge in [-0.05, 0) is 25.2 Å². The summed E-state index contributed by atoms with van der Waals surface area (Å²) in [6.07, 6.45) is 3.38. The van der Waals surface area contributed by atoms with E-state index in [-0.39, 0.29) is 4.32 Å². The van der Waals surface area contributed by atoms with Crippen LogP contribution in [-0.2, 0) is 0 Å². The Balaban J connectivity index is 2.56. The molecular formula is C7H10BrN. The second-order valence-corrected chi connectivity index (χ2v) is 4.02. The zero-order valence-corrected chi connectivity index (χ0v) is 7.11. The third-order valence-electron chi connectivity index (χ3n) is 1.92. The van der Waals surface area contributed by atoms with Crippen molar-refractivity contribution < 1.29 is 0 Å². The number of hydrogen-bond donors (Lipinski definition) is 0. The highest BCUT2D eigenvalue weighted by Gasteiger charge is 2.42. The minimum atomic E-state index is -0.187. The van der Waals surface area contributed by atoms with Crippen LogP contribution >= 0.6 is 15.9 Å². The van der Waals surface area contributed by atoms with E-state index in [1.807, 2.05) is 0 Å². The second-order valence-electron chi connectivity index (χ2n) is 2.60. The van der Waals surface area contributed by atoms with Crippen molar-refractivity contribution in [3.8, 4) is 6.07 Å². The monoisotopic (exact) mass is 187 g/mol. The van der Waals surface area contributed by atoms with Crippen molar-refractivity contribution in [1.29, 1.82) is 5.26 Å². The Morgan fingerprint density at radius 3 is 2.44 bits per heavy atom. The summed E-state index contributed by atoms with van der Waals surface area (Å²) in [5.41, 5.74) is 0. The largest absolute Gasteiger partial charge is 0.197 e. The summed E-state index contributed by atoms with van der Waals surface area (Å²) in [6.45, 7) is 2.05. The molecule has 0 N–H and O–H groups in total. The highest BCUT2D eigenvalue weighted by atomic mass is 79.9. The molecule has 1 unspecified atom stereocenters. The fourth-order valence-electron chi connectivity index (χ4n) is 1.000. The predicted octanol–water partition coefficient (Wildman–Crippen LogP) is 2.46. The number of hydrogen-bond acceptors (Lipinski definition) is 1. The maximum Gasteiger partial charge on any atom is 0.115 e. The summed E-state index contributed by atoms with van der Waals surface area (Å²) in [7, 11) is 0. The molecule has 1 fully saturated rings. The average Bonchev–Trinajstić information content (AvgIpc) is 2.68. The Hall–Kier alpha value is -0.0300. The van der Waals surface area contributed by atoms with E-state index in [0.29, 0.717) is 5.92 Å². The molecule has 0 saturated heterocycles. The summed E-state index contributed by atoms with van der Waals surface area (Å²) in [4.78, 5) is 0. The Morgan fingerprint density at radius 1 is 1.78 bits per heavy atom. The molecule has 0 bridgehead atoms. The number of nitrogens with zero attached hydrogens (tertiary/aromatic N) is 1. The minimum absolute atomic E-state index is 0.187. The minimum Gasteiger partial charge on any atom is -0.197 e. The van der Waals surface area contributed by atoms with Gasteiger partial charge < -0.3 is 0 Å². The van der Waals surface area contributed by atoms with Crippen molar-refractivity contribution in [3.05, 3.63) is 0 Å². The maximum absolute atomic E-state index is 8.70. The topological polar surface area (TPSA) is 23.8 Å². The van der Waals surface area contributed by atoms with Crippen LogP contribution in [0.1, 0.15) is 26.2 Å². The quantitative estimate of drug-likeness (QED) is 0.610. The highest BCUT2D eigenvalue weighted by molar-refractivity contribution is 9.10. The van der Waals surface area contributed by atoms with E-state index in [1.165, 1.54) is 12.8 Å². The van der Waals surface area contributed by atoms with Gasteiger partial charge in [0.1, 0.15) is 4.32 Å². The van der Waals surface area contributed by atoms with Crippen molar-refractivity contribution in [2.75, 3.05) is 0 Å². The van der Waals surface area contributed by atoms with E-state index in [9.17, 15) is 0 Å². The van der Waals surface area contributed by atoms with Crippen LogP contribution in [0.2, 0.25) is 0 Å². The van der Waals surface area contributed by atoms with Crippen LogP contribution in [0.4, 0.5) is 0 Å². The van der Waals surface area contributed by atoms with Crippen LogP contribution < -0.4 is 0 Å². The van der Waals surface area contributed by atoms with Crippen LogP contribution in [0.25, 0.3) is 0 Å². The normalized spacial score (nSPS) is 24.6. The van der Waals surface area contributed by atoms with Crippen molar-refractivity contribution >= 4 is 15.9 Å². The zero-order chi connectivity index (χ0) is 6.91. The number of rotatable bonds is 2. The van der Waals surface area contributed by atoms with E-state index in [1.54, 1.807) is 0 Å². The van der Waals surface area contributed by atoms with Crippen LogP contribution in [0.5, 0.6) is 0 Å². The molecule has 1 nitrogen and oxygen atoms in total. The van der Waals surface area contributed by atoms with Crippen LogP contribution in [-0.4, -0.2) is 4.32 Å². The summed E-state index contributed by atoms with van der Waals surface area (Å²) in [6, 6.07) is 2.31. The molecular weight excluding hydrogens is 178 g/mol. The van der Waals surface area contributed by atoms with Crippen LogP contribution in [0, 0.1) is 17.2 Å². The lowest BCUT2D eigenvalue weighted by molar-refractivity contribution is 0.628. The first-order chi connectivity index (χ1) is 4.23. The summed E-state index contributed by atoms with van der Waals surface area (Å²) < 4.78 is -0.187. The lowest BCUT2D eigenvalue weighted by Gasteiger charge is -2.14. The number of nitriles is 1.